The first-order valence-electron chi connectivity index (χ1n) is 10.5. The predicted molar refractivity (Wildman–Crippen MR) is 137 cm³/mol. The van der Waals surface area contributed by atoms with Crippen molar-refractivity contribution in [1.82, 2.24) is 5.43 Å². The minimum atomic E-state index is -0.270. The van der Waals surface area contributed by atoms with Gasteiger partial charge in [0.1, 0.15) is 5.75 Å². The van der Waals surface area contributed by atoms with Crippen molar-refractivity contribution in [2.45, 2.75) is 46.6 Å². The molecule has 1 amide bonds. The molecule has 1 aliphatic rings. The van der Waals surface area contributed by atoms with E-state index in [-0.39, 0.29) is 11.4 Å². The minimum absolute atomic E-state index is 0.0162. The van der Waals surface area contributed by atoms with Crippen LogP contribution in [-0.2, 0) is 0 Å². The zero-order valence-corrected chi connectivity index (χ0v) is 21.2. The Kier molecular flexibility index (Phi) is 7.09. The molecule has 0 radical (unpaired) electrons. The van der Waals surface area contributed by atoms with Crippen molar-refractivity contribution >= 4 is 46.0 Å². The van der Waals surface area contributed by atoms with Gasteiger partial charge in [-0.15, -0.1) is 0 Å². The third-order valence-electron chi connectivity index (χ3n) is 5.60. The summed E-state index contributed by atoms with van der Waals surface area (Å²) < 4.78 is 6.25. The number of benzene rings is 2. The van der Waals surface area contributed by atoms with Gasteiger partial charge in [0, 0.05) is 23.4 Å². The molecule has 2 aromatic carbocycles. The molecule has 1 aliphatic heterocycles. The smallest absolute Gasteiger partial charge is 0.271 e. The van der Waals surface area contributed by atoms with Crippen molar-refractivity contribution in [2.24, 2.45) is 5.10 Å². The number of aryl methyl sites for hydroxylation is 1. The number of rotatable bonds is 6. The number of allylic oxidation sites excluding steroid dienone is 1. The number of hydrogen-bond donors (Lipinski definition) is 1. The predicted octanol–water partition coefficient (Wildman–Crippen LogP) is 5.78. The van der Waals surface area contributed by atoms with Gasteiger partial charge in [-0.05, 0) is 104 Å². The van der Waals surface area contributed by atoms with Crippen LogP contribution in [0, 0.1) is 10.5 Å². The normalized spacial score (nSPS) is 14.9. The highest BCUT2D eigenvalue weighted by Gasteiger charge is 2.31. The van der Waals surface area contributed by atoms with Crippen molar-refractivity contribution in [1.29, 1.82) is 0 Å². The molecule has 6 heteroatoms. The maximum absolute atomic E-state index is 12.5. The van der Waals surface area contributed by atoms with E-state index in [1.807, 2.05) is 6.07 Å². The van der Waals surface area contributed by atoms with Gasteiger partial charge in [-0.3, -0.25) is 4.79 Å². The lowest BCUT2D eigenvalue weighted by atomic mass is 9.87. The lowest BCUT2D eigenvalue weighted by molar-refractivity contribution is 0.0954. The van der Waals surface area contributed by atoms with Crippen LogP contribution in [0.4, 0.5) is 5.69 Å². The maximum atomic E-state index is 12.5. The SMILES string of the molecule is CCCN1c2cc(C)c(/C=N/NC(=O)c3ccc(I)c(OC)c3)cc2C(C)=CC1(C)C. The molecular formula is C25H30IN3O2. The summed E-state index contributed by atoms with van der Waals surface area (Å²) in [7, 11) is 1.59. The summed E-state index contributed by atoms with van der Waals surface area (Å²) >= 11 is 2.17. The Labute approximate surface area is 198 Å². The topological polar surface area (TPSA) is 53.9 Å². The van der Waals surface area contributed by atoms with E-state index in [0.717, 1.165) is 27.7 Å². The molecule has 2 aromatic rings. The second-order valence-electron chi connectivity index (χ2n) is 8.41. The Morgan fingerprint density at radius 2 is 2.00 bits per heavy atom. The van der Waals surface area contributed by atoms with Crippen molar-refractivity contribution in [3.8, 4) is 5.75 Å². The fraction of sp³-hybridized carbons (Fsp3) is 0.360. The van der Waals surface area contributed by atoms with Crippen LogP contribution in [-0.4, -0.2) is 31.3 Å². The number of hydrazone groups is 1. The molecule has 0 bridgehead atoms. The van der Waals surface area contributed by atoms with Gasteiger partial charge in [0.2, 0.25) is 0 Å². The van der Waals surface area contributed by atoms with Gasteiger partial charge in [0.05, 0.1) is 22.4 Å². The molecule has 0 saturated heterocycles. The molecule has 1 N–H and O–H groups in total. The molecule has 0 fully saturated rings. The van der Waals surface area contributed by atoms with Gasteiger partial charge < -0.3 is 9.64 Å². The van der Waals surface area contributed by atoms with E-state index in [9.17, 15) is 4.79 Å². The number of anilines is 1. The third-order valence-corrected chi connectivity index (χ3v) is 6.49. The largest absolute Gasteiger partial charge is 0.496 e. The highest BCUT2D eigenvalue weighted by molar-refractivity contribution is 14.1. The summed E-state index contributed by atoms with van der Waals surface area (Å²) in [5.41, 5.74) is 8.97. The lowest BCUT2D eigenvalue weighted by Gasteiger charge is -2.43. The van der Waals surface area contributed by atoms with Crippen LogP contribution in [0.15, 0.2) is 41.5 Å². The summed E-state index contributed by atoms with van der Waals surface area (Å²) in [5.74, 6) is 0.401. The van der Waals surface area contributed by atoms with E-state index in [4.69, 9.17) is 4.74 Å². The molecule has 1 heterocycles. The molecule has 31 heavy (non-hydrogen) atoms. The Bertz CT molecular complexity index is 1060. The number of carbonyl (C=O) groups excluding carboxylic acids is 1. The van der Waals surface area contributed by atoms with Crippen LogP contribution in [0.25, 0.3) is 5.57 Å². The van der Waals surface area contributed by atoms with E-state index in [0.29, 0.717) is 11.3 Å². The number of methoxy groups -OCH3 is 1. The molecule has 0 saturated carbocycles. The molecule has 0 atom stereocenters. The molecule has 0 aliphatic carbocycles. The van der Waals surface area contributed by atoms with Gasteiger partial charge in [0.25, 0.3) is 5.91 Å². The van der Waals surface area contributed by atoms with Crippen LogP contribution in [0.2, 0.25) is 0 Å². The van der Waals surface area contributed by atoms with Gasteiger partial charge in [-0.2, -0.15) is 5.10 Å². The Morgan fingerprint density at radius 1 is 1.26 bits per heavy atom. The molecule has 3 rings (SSSR count). The van der Waals surface area contributed by atoms with Gasteiger partial charge >= 0.3 is 0 Å². The van der Waals surface area contributed by atoms with E-state index >= 15 is 0 Å². The van der Waals surface area contributed by atoms with Crippen LogP contribution in [0.5, 0.6) is 5.75 Å². The zero-order chi connectivity index (χ0) is 22.8. The number of ether oxygens (including phenoxy) is 1. The summed E-state index contributed by atoms with van der Waals surface area (Å²) in [6.45, 7) is 12.0. The number of amides is 1. The van der Waals surface area contributed by atoms with Gasteiger partial charge in [0.15, 0.2) is 0 Å². The number of nitrogens with one attached hydrogen (secondary N) is 1. The summed E-state index contributed by atoms with van der Waals surface area (Å²) in [6.07, 6.45) is 5.13. The quantitative estimate of drug-likeness (QED) is 0.292. The fourth-order valence-electron chi connectivity index (χ4n) is 4.04. The Balaban J connectivity index is 1.84. The van der Waals surface area contributed by atoms with Crippen LogP contribution in [0.3, 0.4) is 0 Å². The highest BCUT2D eigenvalue weighted by atomic mass is 127. The van der Waals surface area contributed by atoms with Gasteiger partial charge in [-0.1, -0.05) is 13.0 Å². The van der Waals surface area contributed by atoms with Crippen LogP contribution in [0.1, 0.15) is 61.2 Å². The standard InChI is InChI=1S/C25H30IN3O2/c1-7-10-29-22-11-16(2)19(12-20(22)17(3)14-25(29,4)5)15-27-28-24(30)18-8-9-21(26)23(13-18)31-6/h8-9,11-15H,7,10H2,1-6H3,(H,28,30)/b27-15+. The van der Waals surface area contributed by atoms with E-state index in [1.54, 1.807) is 25.5 Å². The van der Waals surface area contributed by atoms with E-state index in [2.05, 4.69) is 90.8 Å². The second kappa shape index (κ2) is 9.42. The zero-order valence-electron chi connectivity index (χ0n) is 19.0. The van der Waals surface area contributed by atoms with Crippen molar-refractivity contribution in [3.05, 3.63) is 62.2 Å². The maximum Gasteiger partial charge on any atom is 0.271 e. The molecule has 5 nitrogen and oxygen atoms in total. The van der Waals surface area contributed by atoms with Crippen LogP contribution < -0.4 is 15.1 Å². The van der Waals surface area contributed by atoms with Crippen molar-refractivity contribution in [3.63, 3.8) is 0 Å². The number of carbonyl (C=O) groups is 1. The third kappa shape index (κ3) is 4.95. The average molecular weight is 531 g/mol. The molecule has 0 aromatic heterocycles. The molecule has 0 unspecified atom stereocenters. The second-order valence-corrected chi connectivity index (χ2v) is 9.57. The number of halogens is 1. The Hall–Kier alpha value is -2.35. The first kappa shape index (κ1) is 23.3. The van der Waals surface area contributed by atoms with Gasteiger partial charge in [-0.25, -0.2) is 5.43 Å². The van der Waals surface area contributed by atoms with E-state index < -0.39 is 0 Å². The number of fused-ring (bicyclic) bond motifs is 1. The number of nitrogens with zero attached hydrogens (tertiary/aromatic N) is 2. The first-order valence-corrected chi connectivity index (χ1v) is 11.5. The van der Waals surface area contributed by atoms with E-state index in [1.165, 1.54) is 16.8 Å². The van der Waals surface area contributed by atoms with Crippen molar-refractivity contribution in [2.75, 3.05) is 18.6 Å². The Morgan fingerprint density at radius 3 is 2.68 bits per heavy atom. The monoisotopic (exact) mass is 531 g/mol. The molecule has 164 valence electrons. The number of hydrogen-bond acceptors (Lipinski definition) is 4. The summed E-state index contributed by atoms with van der Waals surface area (Å²) in [6, 6.07) is 9.73. The molecule has 0 spiro atoms. The molecular weight excluding hydrogens is 501 g/mol. The lowest BCUT2D eigenvalue weighted by Crippen LogP contribution is -2.45. The average Bonchev–Trinajstić information content (AvgIpc) is 2.71. The van der Waals surface area contributed by atoms with Crippen molar-refractivity contribution < 1.29 is 9.53 Å². The fourth-order valence-corrected chi connectivity index (χ4v) is 4.60. The highest BCUT2D eigenvalue weighted by Crippen LogP contribution is 2.40. The minimum Gasteiger partial charge on any atom is -0.496 e. The summed E-state index contributed by atoms with van der Waals surface area (Å²) in [5, 5.41) is 4.21. The summed E-state index contributed by atoms with van der Waals surface area (Å²) in [4.78, 5) is 14.9. The first-order chi connectivity index (χ1) is 14.7. The van der Waals surface area contributed by atoms with Crippen LogP contribution >= 0.6 is 22.6 Å².